The van der Waals surface area contributed by atoms with E-state index in [4.69, 9.17) is 8.37 Å². The topological polar surface area (TPSA) is 18.5 Å². The van der Waals surface area contributed by atoms with Gasteiger partial charge in [0.1, 0.15) is 5.08 Å². The first-order valence-corrected chi connectivity index (χ1v) is 7.17. The lowest BCUT2D eigenvalue weighted by atomic mass is 10.3. The lowest BCUT2D eigenvalue weighted by Crippen LogP contribution is -1.89. The summed E-state index contributed by atoms with van der Waals surface area (Å²) in [6.45, 7) is 0. The van der Waals surface area contributed by atoms with Gasteiger partial charge in [0.25, 0.3) is 0 Å². The molecule has 0 aromatic heterocycles. The Hall–Kier alpha value is -1.40. The second-order valence-electron chi connectivity index (χ2n) is 3.38. The highest BCUT2D eigenvalue weighted by atomic mass is 32.2. The van der Waals surface area contributed by atoms with E-state index in [1.165, 1.54) is 24.3 Å². The Kier molecular flexibility index (Phi) is 5.35. The van der Waals surface area contributed by atoms with Crippen molar-refractivity contribution in [1.29, 1.82) is 0 Å². The molecule has 2 nitrogen and oxygen atoms in total. The summed E-state index contributed by atoms with van der Waals surface area (Å²) in [6, 6.07) is 12.2. The summed E-state index contributed by atoms with van der Waals surface area (Å²) >= 11 is 2.04. The molecule has 0 radical (unpaired) electrons. The quantitative estimate of drug-likeness (QED) is 0.438. The predicted molar refractivity (Wildman–Crippen MR) is 74.1 cm³/mol. The van der Waals surface area contributed by atoms with Gasteiger partial charge in [0.05, 0.1) is 24.1 Å². The van der Waals surface area contributed by atoms with E-state index >= 15 is 0 Å². The maximum absolute atomic E-state index is 13.2. The molecule has 0 spiro atoms. The van der Waals surface area contributed by atoms with Crippen LogP contribution in [0.2, 0.25) is 0 Å². The third kappa shape index (κ3) is 4.33. The van der Waals surface area contributed by atoms with E-state index in [2.05, 4.69) is 0 Å². The molecule has 0 amide bonds. The maximum Gasteiger partial charge on any atom is 0.173 e. The number of halogens is 2. The number of hydrogen-bond donors (Lipinski definition) is 0. The van der Waals surface area contributed by atoms with Crippen LogP contribution in [0.25, 0.3) is 0 Å². The third-order valence-electron chi connectivity index (χ3n) is 2.07. The first-order valence-electron chi connectivity index (χ1n) is 5.35. The van der Waals surface area contributed by atoms with Gasteiger partial charge in [-0.1, -0.05) is 24.3 Å². The van der Waals surface area contributed by atoms with Crippen LogP contribution < -0.4 is 8.37 Å². The molecule has 19 heavy (non-hydrogen) atoms. The van der Waals surface area contributed by atoms with Crippen LogP contribution in [0.15, 0.2) is 48.5 Å². The molecular weight excluding hydrogens is 290 g/mol. The molecule has 6 heteroatoms. The molecule has 2 rings (SSSR count). The van der Waals surface area contributed by atoms with Gasteiger partial charge in [-0.15, -0.1) is 0 Å². The zero-order valence-electron chi connectivity index (χ0n) is 9.71. The zero-order chi connectivity index (χ0) is 13.5. The van der Waals surface area contributed by atoms with E-state index in [1.54, 1.807) is 24.3 Å². The molecule has 0 saturated heterocycles. The minimum Gasteiger partial charge on any atom is -0.422 e. The van der Waals surface area contributed by atoms with Crippen molar-refractivity contribution in [3.63, 3.8) is 0 Å². The van der Waals surface area contributed by atoms with E-state index in [0.717, 1.165) is 24.1 Å². The van der Waals surface area contributed by atoms with E-state index in [1.807, 2.05) is 0 Å². The number of benzene rings is 2. The van der Waals surface area contributed by atoms with Crippen LogP contribution in [0.5, 0.6) is 11.5 Å². The molecule has 0 N–H and O–H groups in total. The van der Waals surface area contributed by atoms with Crippen molar-refractivity contribution in [3.05, 3.63) is 60.2 Å². The molecule has 0 unspecified atom stereocenters. The van der Waals surface area contributed by atoms with Crippen LogP contribution in [0, 0.1) is 11.6 Å². The summed E-state index contributed by atoms with van der Waals surface area (Å²) in [5, 5.41) is 0.378. The Labute approximate surface area is 118 Å². The standard InChI is InChI=1S/C13H10F2O2S2/c14-10-5-1-3-7-12(10)16-18-9-19-17-13-8-4-2-6-11(13)15/h1-8H,9H2. The largest absolute Gasteiger partial charge is 0.422 e. The smallest absolute Gasteiger partial charge is 0.173 e. The van der Waals surface area contributed by atoms with E-state index in [9.17, 15) is 8.78 Å². The number of hydrogen-bond acceptors (Lipinski definition) is 4. The fourth-order valence-corrected chi connectivity index (χ4v) is 2.29. The molecule has 0 bridgehead atoms. The van der Waals surface area contributed by atoms with Crippen LogP contribution in [0.4, 0.5) is 8.78 Å². The Morgan fingerprint density at radius 1 is 0.737 bits per heavy atom. The van der Waals surface area contributed by atoms with Crippen LogP contribution in [0.1, 0.15) is 0 Å². The van der Waals surface area contributed by atoms with E-state index in [-0.39, 0.29) is 11.5 Å². The molecule has 0 saturated carbocycles. The first kappa shape index (κ1) is 14.0. The average molecular weight is 300 g/mol. The first-order chi connectivity index (χ1) is 9.27. The molecule has 0 aliphatic rings. The Bertz CT molecular complexity index is 490. The van der Waals surface area contributed by atoms with Crippen LogP contribution in [-0.4, -0.2) is 5.08 Å². The fourth-order valence-electron chi connectivity index (χ4n) is 1.22. The zero-order valence-corrected chi connectivity index (χ0v) is 11.3. The number of para-hydroxylation sites is 2. The highest BCUT2D eigenvalue weighted by Gasteiger charge is 2.04. The summed E-state index contributed by atoms with van der Waals surface area (Å²) < 4.78 is 36.7. The predicted octanol–water partition coefficient (Wildman–Crippen LogP) is 4.68. The van der Waals surface area contributed by atoms with Crippen molar-refractivity contribution in [2.75, 3.05) is 5.08 Å². The average Bonchev–Trinajstić information content (AvgIpc) is 2.42. The highest BCUT2D eigenvalue weighted by Crippen LogP contribution is 2.25. The van der Waals surface area contributed by atoms with Gasteiger partial charge in [-0.25, -0.2) is 8.78 Å². The van der Waals surface area contributed by atoms with Crippen molar-refractivity contribution < 1.29 is 17.1 Å². The van der Waals surface area contributed by atoms with Crippen molar-refractivity contribution in [3.8, 4) is 11.5 Å². The third-order valence-corrected chi connectivity index (χ3v) is 3.43. The molecule has 0 heterocycles. The molecule has 2 aromatic carbocycles. The van der Waals surface area contributed by atoms with E-state index in [0.29, 0.717) is 5.08 Å². The monoisotopic (exact) mass is 300 g/mol. The van der Waals surface area contributed by atoms with Gasteiger partial charge < -0.3 is 8.37 Å². The normalized spacial score (nSPS) is 10.2. The van der Waals surface area contributed by atoms with Crippen LogP contribution in [-0.2, 0) is 0 Å². The second-order valence-corrected chi connectivity index (χ2v) is 5.13. The highest BCUT2D eigenvalue weighted by molar-refractivity contribution is 8.12. The second kappa shape index (κ2) is 7.25. The molecule has 2 aromatic rings. The van der Waals surface area contributed by atoms with Gasteiger partial charge in [0.2, 0.25) is 0 Å². The summed E-state index contributed by atoms with van der Waals surface area (Å²) in [5.41, 5.74) is 0. The maximum atomic E-state index is 13.2. The summed E-state index contributed by atoms with van der Waals surface area (Å²) in [6.07, 6.45) is 0. The van der Waals surface area contributed by atoms with Gasteiger partial charge in [-0.05, 0) is 24.3 Å². The molecule has 0 aliphatic heterocycles. The minimum absolute atomic E-state index is 0.166. The van der Waals surface area contributed by atoms with Crippen molar-refractivity contribution in [2.24, 2.45) is 0 Å². The van der Waals surface area contributed by atoms with Gasteiger partial charge in [-0.3, -0.25) is 0 Å². The SMILES string of the molecule is Fc1ccccc1OSCSOc1ccccc1F. The number of rotatable bonds is 6. The van der Waals surface area contributed by atoms with Crippen molar-refractivity contribution in [1.82, 2.24) is 0 Å². The molecule has 0 fully saturated rings. The fraction of sp³-hybridized carbons (Fsp3) is 0.0769. The van der Waals surface area contributed by atoms with Gasteiger partial charge in [0, 0.05) is 0 Å². The van der Waals surface area contributed by atoms with E-state index < -0.39 is 11.6 Å². The van der Waals surface area contributed by atoms with Crippen LogP contribution >= 0.6 is 24.1 Å². The molecule has 0 atom stereocenters. The molecule has 0 aliphatic carbocycles. The molecule has 100 valence electrons. The minimum atomic E-state index is -0.421. The van der Waals surface area contributed by atoms with Gasteiger partial charge in [0.15, 0.2) is 23.1 Å². The Balaban J connectivity index is 1.71. The Morgan fingerprint density at radius 3 is 1.58 bits per heavy atom. The Morgan fingerprint density at radius 2 is 1.16 bits per heavy atom. The lowest BCUT2D eigenvalue weighted by Gasteiger charge is -2.06. The van der Waals surface area contributed by atoms with Gasteiger partial charge >= 0.3 is 0 Å². The summed E-state index contributed by atoms with van der Waals surface area (Å²) in [5.74, 6) is -0.511. The van der Waals surface area contributed by atoms with Crippen LogP contribution in [0.3, 0.4) is 0 Å². The van der Waals surface area contributed by atoms with Crippen molar-refractivity contribution in [2.45, 2.75) is 0 Å². The van der Waals surface area contributed by atoms with Crippen molar-refractivity contribution >= 4 is 24.1 Å². The summed E-state index contributed by atoms with van der Waals surface area (Å²) in [4.78, 5) is 0. The van der Waals surface area contributed by atoms with Gasteiger partial charge in [-0.2, -0.15) is 0 Å². The lowest BCUT2D eigenvalue weighted by molar-refractivity contribution is 0.539. The molecular formula is C13H10F2O2S2. The summed E-state index contributed by atoms with van der Waals surface area (Å²) in [7, 11) is 0.